The number of nitrogens with zero attached hydrogens (tertiary/aromatic N) is 3. The lowest BCUT2D eigenvalue weighted by Crippen LogP contribution is -2.18. The molecule has 3 heterocycles. The first kappa shape index (κ1) is 17.6. The second-order valence-electron chi connectivity index (χ2n) is 6.57. The number of benzene rings is 2. The molecule has 0 saturated carbocycles. The van der Waals surface area contributed by atoms with E-state index in [1.165, 1.54) is 11.8 Å². The third-order valence-corrected chi connectivity index (χ3v) is 5.59. The van der Waals surface area contributed by atoms with Crippen molar-refractivity contribution in [1.82, 2.24) is 9.97 Å². The predicted molar refractivity (Wildman–Crippen MR) is 112 cm³/mol. The number of hydrogen-bond donors (Lipinski definition) is 3. The summed E-state index contributed by atoms with van der Waals surface area (Å²) in [5.41, 5.74) is 4.32. The van der Waals surface area contributed by atoms with E-state index in [0.29, 0.717) is 23.7 Å². The molecule has 5 rings (SSSR count). The number of nitrogens with one attached hydrogen (secondary N) is 3. The number of fused-ring (bicyclic) bond motifs is 2. The Kier molecular flexibility index (Phi) is 4.36. The van der Waals surface area contributed by atoms with E-state index >= 15 is 0 Å². The van der Waals surface area contributed by atoms with E-state index in [0.717, 1.165) is 27.9 Å². The number of halogens is 1. The van der Waals surface area contributed by atoms with E-state index in [1.54, 1.807) is 6.07 Å². The molecule has 3 N–H and O–H groups in total. The van der Waals surface area contributed by atoms with Crippen molar-refractivity contribution in [1.29, 1.82) is 0 Å². The molecule has 0 bridgehead atoms. The second kappa shape index (κ2) is 7.17. The Labute approximate surface area is 169 Å². The lowest BCUT2D eigenvalue weighted by Gasteiger charge is -2.17. The fourth-order valence-corrected chi connectivity index (χ4v) is 3.91. The normalized spacial score (nSPS) is 14.2. The molecule has 0 spiro atoms. The first-order valence-electron chi connectivity index (χ1n) is 8.90. The van der Waals surface area contributed by atoms with Crippen molar-refractivity contribution in [3.63, 3.8) is 0 Å². The molecule has 144 valence electrons. The van der Waals surface area contributed by atoms with Crippen molar-refractivity contribution in [2.75, 3.05) is 21.7 Å². The number of amides is 1. The highest BCUT2D eigenvalue weighted by Gasteiger charge is 2.16. The predicted octanol–water partition coefficient (Wildman–Crippen LogP) is 4.08. The maximum absolute atomic E-state index is 14.3. The van der Waals surface area contributed by atoms with Crippen LogP contribution < -0.4 is 16.0 Å². The Balaban J connectivity index is 1.38. The van der Waals surface area contributed by atoms with Crippen LogP contribution >= 0.6 is 11.8 Å². The van der Waals surface area contributed by atoms with E-state index in [2.05, 4.69) is 30.9 Å². The molecule has 0 radical (unpaired) electrons. The van der Waals surface area contributed by atoms with Gasteiger partial charge in [0.2, 0.25) is 11.9 Å². The van der Waals surface area contributed by atoms with Gasteiger partial charge < -0.3 is 16.0 Å². The molecule has 3 aromatic rings. The SMILES string of the molecule is O=C1CSc2ccc(Nc3nc(Nc4ccc5c(c4)C=NC5)ncc3F)cc2N1. The van der Waals surface area contributed by atoms with Gasteiger partial charge in [0.15, 0.2) is 11.6 Å². The van der Waals surface area contributed by atoms with E-state index in [1.807, 2.05) is 36.5 Å². The zero-order valence-electron chi connectivity index (χ0n) is 15.1. The van der Waals surface area contributed by atoms with Gasteiger partial charge in [-0.25, -0.2) is 9.37 Å². The molecular formula is C20H15FN6OS. The van der Waals surface area contributed by atoms with Crippen molar-refractivity contribution in [2.24, 2.45) is 4.99 Å². The second-order valence-corrected chi connectivity index (χ2v) is 7.59. The monoisotopic (exact) mass is 406 g/mol. The molecule has 1 aromatic heterocycles. The maximum atomic E-state index is 14.3. The first-order chi connectivity index (χ1) is 14.1. The highest BCUT2D eigenvalue weighted by molar-refractivity contribution is 8.00. The summed E-state index contributed by atoms with van der Waals surface area (Å²) in [6.45, 7) is 0.691. The van der Waals surface area contributed by atoms with Crippen LogP contribution in [-0.4, -0.2) is 27.8 Å². The zero-order chi connectivity index (χ0) is 19.8. The molecule has 0 unspecified atom stereocenters. The van der Waals surface area contributed by atoms with E-state index in [4.69, 9.17) is 0 Å². The smallest absolute Gasteiger partial charge is 0.234 e. The quantitative estimate of drug-likeness (QED) is 0.605. The number of aliphatic imine (C=N–C) groups is 1. The van der Waals surface area contributed by atoms with Crippen LogP contribution in [0.3, 0.4) is 0 Å². The van der Waals surface area contributed by atoms with Gasteiger partial charge in [0, 0.05) is 22.5 Å². The van der Waals surface area contributed by atoms with Gasteiger partial charge in [0.05, 0.1) is 24.2 Å². The average Bonchev–Trinajstić information content (AvgIpc) is 3.18. The minimum absolute atomic E-state index is 0.0416. The van der Waals surface area contributed by atoms with Crippen LogP contribution in [0.4, 0.5) is 33.2 Å². The molecule has 2 aliphatic rings. The van der Waals surface area contributed by atoms with Crippen LogP contribution in [0.5, 0.6) is 0 Å². The fraction of sp³-hybridized carbons (Fsp3) is 0.100. The van der Waals surface area contributed by atoms with Crippen LogP contribution in [0.25, 0.3) is 0 Å². The molecule has 0 saturated heterocycles. The van der Waals surface area contributed by atoms with Crippen molar-refractivity contribution >= 4 is 52.7 Å². The Hall–Kier alpha value is -3.46. The molecule has 0 fully saturated rings. The van der Waals surface area contributed by atoms with Gasteiger partial charge in [-0.05, 0) is 41.5 Å². The number of aromatic nitrogens is 2. The van der Waals surface area contributed by atoms with E-state index in [-0.39, 0.29) is 17.7 Å². The van der Waals surface area contributed by atoms with Crippen LogP contribution in [0, 0.1) is 5.82 Å². The lowest BCUT2D eigenvalue weighted by molar-refractivity contribution is -0.113. The van der Waals surface area contributed by atoms with Gasteiger partial charge in [0.25, 0.3) is 0 Å². The molecule has 2 aliphatic heterocycles. The number of carbonyl (C=O) groups excluding carboxylic acids is 1. The highest BCUT2D eigenvalue weighted by Crippen LogP contribution is 2.34. The minimum atomic E-state index is -0.576. The molecule has 29 heavy (non-hydrogen) atoms. The number of carbonyl (C=O) groups is 1. The van der Waals surface area contributed by atoms with Crippen molar-refractivity contribution in [3.8, 4) is 0 Å². The van der Waals surface area contributed by atoms with Crippen LogP contribution in [0.2, 0.25) is 0 Å². The van der Waals surface area contributed by atoms with Gasteiger partial charge in [-0.2, -0.15) is 4.98 Å². The largest absolute Gasteiger partial charge is 0.338 e. The molecule has 9 heteroatoms. The molecule has 0 aliphatic carbocycles. The Morgan fingerprint density at radius 3 is 2.90 bits per heavy atom. The summed E-state index contributed by atoms with van der Waals surface area (Å²) >= 11 is 1.47. The van der Waals surface area contributed by atoms with Gasteiger partial charge >= 0.3 is 0 Å². The summed E-state index contributed by atoms with van der Waals surface area (Å²) in [5.74, 6) is 0.0706. The number of anilines is 5. The van der Waals surface area contributed by atoms with Gasteiger partial charge in [-0.3, -0.25) is 9.79 Å². The summed E-state index contributed by atoms with van der Waals surface area (Å²) < 4.78 is 14.3. The number of hydrogen-bond acceptors (Lipinski definition) is 7. The topological polar surface area (TPSA) is 91.3 Å². The maximum Gasteiger partial charge on any atom is 0.234 e. The van der Waals surface area contributed by atoms with Crippen LogP contribution in [-0.2, 0) is 11.3 Å². The number of rotatable bonds is 4. The Bertz CT molecular complexity index is 1170. The minimum Gasteiger partial charge on any atom is -0.338 e. The summed E-state index contributed by atoms with van der Waals surface area (Å²) in [6.07, 6.45) is 2.94. The van der Waals surface area contributed by atoms with Gasteiger partial charge in [0.1, 0.15) is 0 Å². The van der Waals surface area contributed by atoms with E-state index in [9.17, 15) is 9.18 Å². The van der Waals surface area contributed by atoms with Crippen molar-refractivity contribution in [2.45, 2.75) is 11.4 Å². The molecule has 2 aromatic carbocycles. The molecular weight excluding hydrogens is 391 g/mol. The third kappa shape index (κ3) is 3.64. The number of thioether (sulfide) groups is 1. The zero-order valence-corrected chi connectivity index (χ0v) is 15.9. The summed E-state index contributed by atoms with van der Waals surface area (Å²) in [7, 11) is 0. The standard InChI is InChI=1S/C20H15FN6OS/c21-15-9-23-20(25-13-2-1-11-7-22-8-12(11)5-13)27-19(15)24-14-3-4-17-16(6-14)26-18(28)10-29-17/h1-6,8-9H,7,10H2,(H,26,28)(H2,23,24,25,27). The van der Waals surface area contributed by atoms with Crippen molar-refractivity contribution < 1.29 is 9.18 Å². The molecule has 7 nitrogen and oxygen atoms in total. The summed E-state index contributed by atoms with van der Waals surface area (Å²) in [5, 5.41) is 8.86. The summed E-state index contributed by atoms with van der Waals surface area (Å²) in [4.78, 5) is 25.1. The lowest BCUT2D eigenvalue weighted by atomic mass is 10.1. The highest BCUT2D eigenvalue weighted by atomic mass is 32.2. The van der Waals surface area contributed by atoms with Crippen LogP contribution in [0.15, 0.2) is 52.5 Å². The van der Waals surface area contributed by atoms with Crippen LogP contribution in [0.1, 0.15) is 11.1 Å². The molecule has 0 atom stereocenters. The Morgan fingerprint density at radius 2 is 1.97 bits per heavy atom. The average molecular weight is 406 g/mol. The molecule has 1 amide bonds. The fourth-order valence-electron chi connectivity index (χ4n) is 3.12. The van der Waals surface area contributed by atoms with Gasteiger partial charge in [-0.15, -0.1) is 11.8 Å². The van der Waals surface area contributed by atoms with E-state index < -0.39 is 5.82 Å². The summed E-state index contributed by atoms with van der Waals surface area (Å²) in [6, 6.07) is 11.3. The third-order valence-electron chi connectivity index (χ3n) is 4.51. The van der Waals surface area contributed by atoms with Gasteiger partial charge in [-0.1, -0.05) is 6.07 Å². The Morgan fingerprint density at radius 1 is 1.10 bits per heavy atom. The first-order valence-corrected chi connectivity index (χ1v) is 9.89. The van der Waals surface area contributed by atoms with Crippen molar-refractivity contribution in [3.05, 3.63) is 59.5 Å².